The summed E-state index contributed by atoms with van der Waals surface area (Å²) >= 11 is 1.57. The van der Waals surface area contributed by atoms with E-state index in [1.54, 1.807) is 17.5 Å². The minimum atomic E-state index is 0.605. The Morgan fingerprint density at radius 3 is 3.12 bits per heavy atom. The lowest BCUT2D eigenvalue weighted by Crippen LogP contribution is -1.94. The number of aromatic nitrogens is 3. The van der Waals surface area contributed by atoms with E-state index in [1.165, 1.54) is 6.33 Å². The molecule has 0 unspecified atom stereocenters. The third-order valence-electron chi connectivity index (χ3n) is 2.28. The Balaban J connectivity index is 2.39. The maximum absolute atomic E-state index is 5.48. The van der Waals surface area contributed by atoms with Crippen LogP contribution in [0.1, 0.15) is 6.92 Å². The van der Waals surface area contributed by atoms with Crippen molar-refractivity contribution in [2.24, 2.45) is 0 Å². The molecule has 16 heavy (non-hydrogen) atoms. The van der Waals surface area contributed by atoms with E-state index in [9.17, 15) is 0 Å². The van der Waals surface area contributed by atoms with Crippen LogP contribution in [0.2, 0.25) is 0 Å². The Morgan fingerprint density at radius 2 is 2.25 bits per heavy atom. The van der Waals surface area contributed by atoms with Gasteiger partial charge in [-0.05, 0) is 19.1 Å². The van der Waals surface area contributed by atoms with Crippen LogP contribution in [-0.2, 0) is 0 Å². The van der Waals surface area contributed by atoms with E-state index in [1.807, 2.05) is 19.1 Å². The number of ether oxygens (including phenoxy) is 1. The molecule has 0 aromatic carbocycles. The second-order valence-corrected chi connectivity index (χ2v) is 4.25. The van der Waals surface area contributed by atoms with E-state index < -0.39 is 0 Å². The van der Waals surface area contributed by atoms with Gasteiger partial charge in [-0.25, -0.2) is 15.0 Å². The van der Waals surface area contributed by atoms with Crippen LogP contribution in [0.15, 0.2) is 24.7 Å². The van der Waals surface area contributed by atoms with Crippen LogP contribution >= 0.6 is 11.3 Å². The van der Waals surface area contributed by atoms with Crippen LogP contribution < -0.4 is 4.74 Å². The minimum Gasteiger partial charge on any atom is -0.477 e. The molecule has 0 radical (unpaired) electrons. The Bertz CT molecular complexity index is 650. The molecular weight excluding hydrogens is 222 g/mol. The van der Waals surface area contributed by atoms with Gasteiger partial charge in [0.2, 0.25) is 5.88 Å². The SMILES string of the molecule is CCOc1ncnc2c1sc1ncccc12. The zero-order valence-electron chi connectivity index (χ0n) is 8.67. The van der Waals surface area contributed by atoms with Crippen molar-refractivity contribution in [1.29, 1.82) is 0 Å². The Kier molecular flexibility index (Phi) is 2.18. The van der Waals surface area contributed by atoms with E-state index in [0.29, 0.717) is 12.5 Å². The number of thiophene rings is 1. The van der Waals surface area contributed by atoms with Gasteiger partial charge in [0, 0.05) is 11.6 Å². The first-order valence-electron chi connectivity index (χ1n) is 5.01. The molecule has 0 amide bonds. The van der Waals surface area contributed by atoms with Gasteiger partial charge >= 0.3 is 0 Å². The lowest BCUT2D eigenvalue weighted by Gasteiger charge is -2.00. The van der Waals surface area contributed by atoms with Crippen molar-refractivity contribution in [3.8, 4) is 5.88 Å². The smallest absolute Gasteiger partial charge is 0.234 e. The monoisotopic (exact) mass is 231 g/mol. The van der Waals surface area contributed by atoms with Gasteiger partial charge in [0.15, 0.2) is 0 Å². The minimum absolute atomic E-state index is 0.605. The standard InChI is InChI=1S/C11H9N3OS/c1-2-15-10-9-8(13-6-14-10)7-4-3-5-12-11(7)16-9/h3-6H,2H2,1H3. The van der Waals surface area contributed by atoms with Gasteiger partial charge in [0.25, 0.3) is 0 Å². The number of hydrogen-bond donors (Lipinski definition) is 0. The molecule has 0 N–H and O–H groups in total. The number of fused-ring (bicyclic) bond motifs is 3. The van der Waals surface area contributed by atoms with Gasteiger partial charge in [0.05, 0.1) is 12.1 Å². The summed E-state index contributed by atoms with van der Waals surface area (Å²) < 4.78 is 6.45. The van der Waals surface area contributed by atoms with Gasteiger partial charge < -0.3 is 4.74 Å². The van der Waals surface area contributed by atoms with E-state index in [0.717, 1.165) is 20.4 Å². The highest BCUT2D eigenvalue weighted by molar-refractivity contribution is 7.25. The highest BCUT2D eigenvalue weighted by Gasteiger charge is 2.11. The summed E-state index contributed by atoms with van der Waals surface area (Å²) in [7, 11) is 0. The van der Waals surface area contributed by atoms with Gasteiger partial charge in [-0.1, -0.05) is 0 Å². The van der Waals surface area contributed by atoms with Crippen molar-refractivity contribution in [1.82, 2.24) is 15.0 Å². The molecule has 0 aliphatic carbocycles. The molecule has 3 aromatic heterocycles. The third kappa shape index (κ3) is 1.32. The first-order valence-corrected chi connectivity index (χ1v) is 5.83. The van der Waals surface area contributed by atoms with Crippen molar-refractivity contribution in [3.63, 3.8) is 0 Å². The van der Waals surface area contributed by atoms with Gasteiger partial charge in [-0.3, -0.25) is 0 Å². The van der Waals surface area contributed by atoms with Crippen LogP contribution in [0.5, 0.6) is 5.88 Å². The average molecular weight is 231 g/mol. The summed E-state index contributed by atoms with van der Waals surface area (Å²) in [4.78, 5) is 13.7. The normalized spacial score (nSPS) is 11.1. The fourth-order valence-corrected chi connectivity index (χ4v) is 2.67. The summed E-state index contributed by atoms with van der Waals surface area (Å²) in [5.74, 6) is 0.649. The van der Waals surface area contributed by atoms with Crippen LogP contribution in [0.4, 0.5) is 0 Å². The Hall–Kier alpha value is -1.75. The molecule has 0 atom stereocenters. The highest BCUT2D eigenvalue weighted by Crippen LogP contribution is 2.35. The molecule has 4 nitrogen and oxygen atoms in total. The average Bonchev–Trinajstić information content (AvgIpc) is 2.69. The number of nitrogens with zero attached hydrogens (tertiary/aromatic N) is 3. The first-order chi connectivity index (χ1) is 7.90. The van der Waals surface area contributed by atoms with Crippen LogP contribution in [0, 0.1) is 0 Å². The Morgan fingerprint density at radius 1 is 1.31 bits per heavy atom. The maximum atomic E-state index is 5.48. The second-order valence-electron chi connectivity index (χ2n) is 3.25. The predicted molar refractivity (Wildman–Crippen MR) is 63.9 cm³/mol. The largest absolute Gasteiger partial charge is 0.477 e. The van der Waals surface area contributed by atoms with E-state index >= 15 is 0 Å². The van der Waals surface area contributed by atoms with Gasteiger partial charge in [-0.2, -0.15) is 0 Å². The highest BCUT2D eigenvalue weighted by atomic mass is 32.1. The topological polar surface area (TPSA) is 47.9 Å². The van der Waals surface area contributed by atoms with Crippen molar-refractivity contribution in [2.75, 3.05) is 6.61 Å². The molecule has 0 bridgehead atoms. The Labute approximate surface area is 95.9 Å². The summed E-state index contributed by atoms with van der Waals surface area (Å²) in [5.41, 5.74) is 0.923. The predicted octanol–water partition coefficient (Wildman–Crippen LogP) is 2.64. The molecule has 0 fully saturated rings. The van der Waals surface area contributed by atoms with Crippen molar-refractivity contribution >= 4 is 31.8 Å². The molecule has 3 heterocycles. The van der Waals surface area contributed by atoms with Crippen LogP contribution in [0.3, 0.4) is 0 Å². The van der Waals surface area contributed by atoms with E-state index in [2.05, 4.69) is 15.0 Å². The summed E-state index contributed by atoms with van der Waals surface area (Å²) in [6.07, 6.45) is 3.32. The van der Waals surface area contributed by atoms with Crippen molar-refractivity contribution < 1.29 is 4.74 Å². The maximum Gasteiger partial charge on any atom is 0.234 e. The zero-order valence-corrected chi connectivity index (χ0v) is 9.49. The fourth-order valence-electron chi connectivity index (χ4n) is 1.63. The molecule has 0 aliphatic heterocycles. The number of rotatable bonds is 2. The molecule has 0 spiro atoms. The fraction of sp³-hybridized carbons (Fsp3) is 0.182. The molecule has 0 aliphatic rings. The van der Waals surface area contributed by atoms with Crippen molar-refractivity contribution in [2.45, 2.75) is 6.92 Å². The second kappa shape index (κ2) is 3.68. The van der Waals surface area contributed by atoms with E-state index in [-0.39, 0.29) is 0 Å². The number of pyridine rings is 1. The zero-order chi connectivity index (χ0) is 11.0. The van der Waals surface area contributed by atoms with Gasteiger partial charge in [0.1, 0.15) is 15.9 Å². The third-order valence-corrected chi connectivity index (χ3v) is 3.37. The lowest BCUT2D eigenvalue weighted by molar-refractivity contribution is 0.331. The molecule has 3 aromatic rings. The lowest BCUT2D eigenvalue weighted by atomic mass is 10.3. The van der Waals surface area contributed by atoms with Crippen LogP contribution in [0.25, 0.3) is 20.4 Å². The molecule has 0 saturated carbocycles. The van der Waals surface area contributed by atoms with E-state index in [4.69, 9.17) is 4.74 Å². The molecule has 3 rings (SSSR count). The summed E-state index contributed by atoms with van der Waals surface area (Å²) in [5, 5.41) is 1.06. The van der Waals surface area contributed by atoms with Crippen LogP contribution in [-0.4, -0.2) is 21.6 Å². The quantitative estimate of drug-likeness (QED) is 0.680. The molecule has 80 valence electrons. The first kappa shape index (κ1) is 9.47. The van der Waals surface area contributed by atoms with Crippen molar-refractivity contribution in [3.05, 3.63) is 24.7 Å². The molecule has 5 heteroatoms. The number of hydrogen-bond acceptors (Lipinski definition) is 5. The van der Waals surface area contributed by atoms with Gasteiger partial charge in [-0.15, -0.1) is 11.3 Å². The molecular formula is C11H9N3OS. The summed E-state index contributed by atoms with van der Waals surface area (Å²) in [6.45, 7) is 2.55. The summed E-state index contributed by atoms with van der Waals surface area (Å²) in [6, 6.07) is 3.93. The molecule has 0 saturated heterocycles.